The summed E-state index contributed by atoms with van der Waals surface area (Å²) in [5, 5.41) is -1.16. The highest BCUT2D eigenvalue weighted by molar-refractivity contribution is 6.33. The van der Waals surface area contributed by atoms with Crippen molar-refractivity contribution in [3.05, 3.63) is 34.9 Å². The number of halogens is 6. The van der Waals surface area contributed by atoms with Crippen molar-refractivity contribution >= 4 is 17.4 Å². The number of carbonyl (C=O) groups is 1. The fraction of sp³-hybridized carbons (Fsp3) is 0.364. The molecule has 0 amide bonds. The lowest BCUT2D eigenvalue weighted by Gasteiger charge is -2.14. The minimum atomic E-state index is -4.89. The lowest BCUT2D eigenvalue weighted by atomic mass is 9.99. The third kappa shape index (κ3) is 3.19. The van der Waals surface area contributed by atoms with Crippen molar-refractivity contribution in [1.29, 1.82) is 0 Å². The van der Waals surface area contributed by atoms with Gasteiger partial charge < -0.3 is 0 Å². The first-order valence-electron chi connectivity index (χ1n) is 4.82. The number of ketones is 1. The van der Waals surface area contributed by atoms with E-state index in [0.717, 1.165) is 12.1 Å². The van der Waals surface area contributed by atoms with Gasteiger partial charge in [-0.1, -0.05) is 12.1 Å². The van der Waals surface area contributed by atoms with Crippen molar-refractivity contribution in [1.82, 2.24) is 0 Å². The standard InChI is InChI=1S/C11H8ClF5O/c1-5(12)9(18)7-3-2-6(10(13)14)4-8(7)11(15,16)17/h2-5,10H,1H3. The van der Waals surface area contributed by atoms with Crippen molar-refractivity contribution in [2.45, 2.75) is 24.9 Å². The molecule has 0 N–H and O–H groups in total. The average Bonchev–Trinajstić information content (AvgIpc) is 2.25. The van der Waals surface area contributed by atoms with Gasteiger partial charge in [0.1, 0.15) is 0 Å². The van der Waals surface area contributed by atoms with Crippen LogP contribution in [0.4, 0.5) is 22.0 Å². The maximum atomic E-state index is 12.7. The summed E-state index contributed by atoms with van der Waals surface area (Å²) in [6, 6.07) is 1.79. The molecule has 0 aliphatic carbocycles. The molecule has 100 valence electrons. The van der Waals surface area contributed by atoms with Gasteiger partial charge in [0.15, 0.2) is 5.78 Å². The van der Waals surface area contributed by atoms with Gasteiger partial charge in [-0.3, -0.25) is 4.79 Å². The van der Waals surface area contributed by atoms with E-state index in [1.165, 1.54) is 6.92 Å². The van der Waals surface area contributed by atoms with Gasteiger partial charge >= 0.3 is 6.18 Å². The third-order valence-corrected chi connectivity index (χ3v) is 2.43. The van der Waals surface area contributed by atoms with E-state index >= 15 is 0 Å². The number of hydrogen-bond acceptors (Lipinski definition) is 1. The van der Waals surface area contributed by atoms with Crippen molar-refractivity contribution < 1.29 is 26.7 Å². The van der Waals surface area contributed by atoms with Crippen molar-refractivity contribution in [3.63, 3.8) is 0 Å². The molecule has 0 aliphatic heterocycles. The fourth-order valence-corrected chi connectivity index (χ4v) is 1.48. The lowest BCUT2D eigenvalue weighted by Crippen LogP contribution is -2.18. The molecule has 0 heterocycles. The second kappa shape index (κ2) is 5.22. The van der Waals surface area contributed by atoms with Gasteiger partial charge in [-0.05, 0) is 13.0 Å². The van der Waals surface area contributed by atoms with Crippen LogP contribution in [0.15, 0.2) is 18.2 Å². The Morgan fingerprint density at radius 1 is 1.28 bits per heavy atom. The average molecular weight is 287 g/mol. The van der Waals surface area contributed by atoms with Crippen molar-refractivity contribution in [3.8, 4) is 0 Å². The molecule has 0 bridgehead atoms. The lowest BCUT2D eigenvalue weighted by molar-refractivity contribution is -0.138. The van der Waals surface area contributed by atoms with Gasteiger partial charge in [0.25, 0.3) is 6.43 Å². The van der Waals surface area contributed by atoms with E-state index in [2.05, 4.69) is 0 Å². The second-order valence-corrected chi connectivity index (χ2v) is 4.24. The molecular weight excluding hydrogens is 279 g/mol. The Bertz CT molecular complexity index is 453. The summed E-state index contributed by atoms with van der Waals surface area (Å²) in [5.74, 6) is -0.954. The minimum Gasteiger partial charge on any atom is -0.293 e. The fourth-order valence-electron chi connectivity index (χ4n) is 1.36. The van der Waals surface area contributed by atoms with Crippen LogP contribution in [0.3, 0.4) is 0 Å². The van der Waals surface area contributed by atoms with Gasteiger partial charge in [0.2, 0.25) is 0 Å². The molecule has 0 aromatic heterocycles. The smallest absolute Gasteiger partial charge is 0.293 e. The first-order chi connectivity index (χ1) is 8.14. The Labute approximate surface area is 105 Å². The number of hydrogen-bond donors (Lipinski definition) is 0. The number of carbonyl (C=O) groups excluding carboxylic acids is 1. The summed E-state index contributed by atoms with van der Waals surface area (Å²) in [7, 11) is 0. The minimum absolute atomic E-state index is 0.275. The van der Waals surface area contributed by atoms with Gasteiger partial charge in [-0.15, -0.1) is 11.6 Å². The summed E-state index contributed by atoms with van der Waals surface area (Å²) in [6.07, 6.45) is -7.93. The molecule has 1 aromatic rings. The van der Waals surface area contributed by atoms with Crippen LogP contribution in [0.5, 0.6) is 0 Å². The Morgan fingerprint density at radius 3 is 2.22 bits per heavy atom. The maximum absolute atomic E-state index is 12.7. The highest BCUT2D eigenvalue weighted by Crippen LogP contribution is 2.35. The summed E-state index contributed by atoms with van der Waals surface area (Å²) in [5.41, 5.74) is -2.88. The van der Waals surface area contributed by atoms with Crippen LogP contribution >= 0.6 is 11.6 Å². The van der Waals surface area contributed by atoms with E-state index in [-0.39, 0.29) is 6.07 Å². The topological polar surface area (TPSA) is 17.1 Å². The summed E-state index contributed by atoms with van der Waals surface area (Å²) < 4.78 is 62.7. The molecule has 7 heteroatoms. The zero-order chi connectivity index (χ0) is 14.1. The summed E-state index contributed by atoms with van der Waals surface area (Å²) in [4.78, 5) is 11.5. The Balaban J connectivity index is 3.40. The first kappa shape index (κ1) is 14.9. The zero-order valence-electron chi connectivity index (χ0n) is 9.06. The van der Waals surface area contributed by atoms with E-state index in [4.69, 9.17) is 11.6 Å². The molecule has 1 unspecified atom stereocenters. The first-order valence-corrected chi connectivity index (χ1v) is 5.25. The summed E-state index contributed by atoms with van der Waals surface area (Å²) >= 11 is 5.42. The molecule has 0 radical (unpaired) electrons. The summed E-state index contributed by atoms with van der Waals surface area (Å²) in [6.45, 7) is 1.21. The van der Waals surface area contributed by atoms with Gasteiger partial charge in [0, 0.05) is 11.1 Å². The molecule has 0 fully saturated rings. The van der Waals surface area contributed by atoms with Gasteiger partial charge in [0.05, 0.1) is 10.9 Å². The highest BCUT2D eigenvalue weighted by atomic mass is 35.5. The monoisotopic (exact) mass is 286 g/mol. The molecule has 0 saturated heterocycles. The SMILES string of the molecule is CC(Cl)C(=O)c1ccc(C(F)F)cc1C(F)(F)F. The van der Waals surface area contributed by atoms with Crippen LogP contribution in [0.1, 0.15) is 34.8 Å². The van der Waals surface area contributed by atoms with E-state index in [9.17, 15) is 26.7 Å². The quantitative estimate of drug-likeness (QED) is 0.456. The van der Waals surface area contributed by atoms with Gasteiger partial charge in [-0.25, -0.2) is 8.78 Å². The molecule has 1 nitrogen and oxygen atoms in total. The third-order valence-electron chi connectivity index (χ3n) is 2.23. The molecule has 1 atom stereocenters. The van der Waals surface area contributed by atoms with E-state index in [1.807, 2.05) is 0 Å². The molecule has 0 aliphatic rings. The number of benzene rings is 1. The predicted molar refractivity (Wildman–Crippen MR) is 56.0 cm³/mol. The van der Waals surface area contributed by atoms with Crippen LogP contribution in [-0.2, 0) is 6.18 Å². The van der Waals surface area contributed by atoms with E-state index in [0.29, 0.717) is 0 Å². The van der Waals surface area contributed by atoms with E-state index in [1.54, 1.807) is 0 Å². The molecule has 18 heavy (non-hydrogen) atoms. The molecule has 1 aromatic carbocycles. The Hall–Kier alpha value is -1.17. The molecule has 0 spiro atoms. The number of rotatable bonds is 3. The maximum Gasteiger partial charge on any atom is 0.417 e. The van der Waals surface area contributed by atoms with Gasteiger partial charge in [-0.2, -0.15) is 13.2 Å². The molecular formula is C11H8ClF5O. The van der Waals surface area contributed by atoms with Crippen LogP contribution < -0.4 is 0 Å². The predicted octanol–water partition coefficient (Wildman–Crippen LogP) is 4.45. The molecule has 0 saturated carbocycles. The highest BCUT2D eigenvalue weighted by Gasteiger charge is 2.36. The van der Waals surface area contributed by atoms with E-state index < -0.39 is 40.5 Å². The van der Waals surface area contributed by atoms with Crippen LogP contribution in [0.2, 0.25) is 0 Å². The van der Waals surface area contributed by atoms with Crippen LogP contribution in [0, 0.1) is 0 Å². The molecule has 1 rings (SSSR count). The van der Waals surface area contributed by atoms with Crippen molar-refractivity contribution in [2.24, 2.45) is 0 Å². The normalized spacial score (nSPS) is 13.8. The van der Waals surface area contributed by atoms with Crippen molar-refractivity contribution in [2.75, 3.05) is 0 Å². The zero-order valence-corrected chi connectivity index (χ0v) is 9.82. The van der Waals surface area contributed by atoms with Crippen LogP contribution in [-0.4, -0.2) is 11.2 Å². The second-order valence-electron chi connectivity index (χ2n) is 3.58. The largest absolute Gasteiger partial charge is 0.417 e. The Morgan fingerprint density at radius 2 is 1.83 bits per heavy atom. The van der Waals surface area contributed by atoms with Crippen LogP contribution in [0.25, 0.3) is 0 Å². The number of Topliss-reactive ketones (excluding diaryl/α,β-unsaturated/α-hetero) is 1. The number of alkyl halides is 6. The Kier molecular flexibility index (Phi) is 4.32.